The van der Waals surface area contributed by atoms with Crippen molar-refractivity contribution in [2.45, 2.75) is 161 Å². The summed E-state index contributed by atoms with van der Waals surface area (Å²) in [5.41, 5.74) is 0. The Balaban J connectivity index is 4.42. The number of quaternary nitrogens is 1. The smallest absolute Gasteiger partial charge is 0.306 e. The van der Waals surface area contributed by atoms with E-state index in [1.165, 1.54) is 12.8 Å². The molecule has 0 aromatic heterocycles. The molecule has 308 valence electrons. The Morgan fingerprint density at radius 2 is 1.04 bits per heavy atom. The van der Waals surface area contributed by atoms with E-state index in [4.69, 9.17) is 14.2 Å². The number of aliphatic carboxylic acids is 1. The molecule has 0 aromatic carbocycles. The summed E-state index contributed by atoms with van der Waals surface area (Å²) < 4.78 is 17.1. The lowest BCUT2D eigenvalue weighted by Gasteiger charge is -2.34. The Hall–Kier alpha value is -3.23. The molecule has 0 fully saturated rings. The zero-order chi connectivity index (χ0) is 40.0. The number of carboxylic acid groups (broad SMARTS) is 1. The number of hydrogen-bond donors (Lipinski definition) is 0. The van der Waals surface area contributed by atoms with Crippen LogP contribution in [0.3, 0.4) is 0 Å². The first-order valence-electron chi connectivity index (χ1n) is 21.0. The molecule has 0 heterocycles. The molecule has 0 saturated heterocycles. The van der Waals surface area contributed by atoms with Crippen molar-refractivity contribution in [1.82, 2.24) is 0 Å². The second-order valence-electron chi connectivity index (χ2n) is 14.8. The third kappa shape index (κ3) is 34.5. The number of likely N-dealkylation sites (N-methyl/N-ethyl adjacent to an activating group) is 1. The number of allylic oxidation sites excluding steroid dienone is 12. The molecule has 54 heavy (non-hydrogen) atoms. The van der Waals surface area contributed by atoms with Gasteiger partial charge in [0.15, 0.2) is 6.10 Å². The quantitative estimate of drug-likeness (QED) is 0.0272. The third-order valence-corrected chi connectivity index (χ3v) is 8.83. The third-order valence-electron chi connectivity index (χ3n) is 8.83. The number of carbonyl (C=O) groups excluding carboxylic acids is 3. The van der Waals surface area contributed by atoms with E-state index in [1.807, 2.05) is 0 Å². The van der Waals surface area contributed by atoms with Crippen LogP contribution in [0.4, 0.5) is 0 Å². The summed E-state index contributed by atoms with van der Waals surface area (Å²) in [7, 11) is 5.38. The molecule has 0 bridgehead atoms. The molecule has 0 aliphatic rings. The molecule has 0 rings (SSSR count). The molecule has 8 nitrogen and oxygen atoms in total. The van der Waals surface area contributed by atoms with Gasteiger partial charge in [-0.3, -0.25) is 9.59 Å². The van der Waals surface area contributed by atoms with Crippen LogP contribution in [-0.4, -0.2) is 75.5 Å². The van der Waals surface area contributed by atoms with Crippen molar-refractivity contribution in [3.05, 3.63) is 72.9 Å². The average molecular weight is 756 g/mol. The van der Waals surface area contributed by atoms with Gasteiger partial charge < -0.3 is 28.6 Å². The fraction of sp³-hybridized carbons (Fsp3) is 0.674. The van der Waals surface area contributed by atoms with Crippen molar-refractivity contribution in [2.75, 3.05) is 41.0 Å². The van der Waals surface area contributed by atoms with Crippen LogP contribution in [0.25, 0.3) is 0 Å². The van der Waals surface area contributed by atoms with E-state index in [-0.39, 0.29) is 42.7 Å². The van der Waals surface area contributed by atoms with Crippen LogP contribution in [0.1, 0.15) is 149 Å². The summed E-state index contributed by atoms with van der Waals surface area (Å²) >= 11 is 0. The highest BCUT2D eigenvalue weighted by molar-refractivity contribution is 5.70. The summed E-state index contributed by atoms with van der Waals surface area (Å²) in [6.45, 7) is 4.44. The molecule has 0 saturated carbocycles. The van der Waals surface area contributed by atoms with Gasteiger partial charge in [-0.15, -0.1) is 0 Å². The maximum atomic E-state index is 12.6. The largest absolute Gasteiger partial charge is 0.544 e. The van der Waals surface area contributed by atoms with E-state index in [1.54, 1.807) is 21.1 Å². The van der Waals surface area contributed by atoms with Crippen LogP contribution in [0.5, 0.6) is 0 Å². The number of unbranched alkanes of at least 4 members (excludes halogenated alkanes) is 10. The second-order valence-corrected chi connectivity index (χ2v) is 14.8. The molecule has 0 radical (unpaired) electrons. The number of rotatable bonds is 36. The van der Waals surface area contributed by atoms with Gasteiger partial charge in [0.1, 0.15) is 12.6 Å². The first-order chi connectivity index (χ1) is 26.1. The monoisotopic (exact) mass is 756 g/mol. The molecule has 8 heteroatoms. The maximum absolute atomic E-state index is 12.6. The molecule has 0 spiro atoms. The van der Waals surface area contributed by atoms with Gasteiger partial charge in [0, 0.05) is 19.3 Å². The van der Waals surface area contributed by atoms with Crippen molar-refractivity contribution in [3.63, 3.8) is 0 Å². The van der Waals surface area contributed by atoms with E-state index in [0.717, 1.165) is 103 Å². The summed E-state index contributed by atoms with van der Waals surface area (Å²) in [5, 5.41) is 11.6. The average Bonchev–Trinajstić information content (AvgIpc) is 3.12. The highest BCUT2D eigenvalue weighted by Crippen LogP contribution is 2.12. The Morgan fingerprint density at radius 1 is 0.574 bits per heavy atom. The standard InChI is InChI=1S/C46H77NO7/c1-6-8-10-12-14-16-18-19-20-21-22-23-24-25-27-28-30-32-34-36-44(48)53-41-42(40-52-39-38-43(46(50)51)47(3,4)5)54-45(49)37-35-33-31-29-26-17-15-13-11-9-7-2/h8,10,13-16,19-20,22-23,25,27,42-43H,6-7,9,11-12,17-18,21,24,26,28-41H2,1-5H3/b10-8+,15-13+,16-14+,20-19+,23-22+,27-25+. The predicted molar refractivity (Wildman–Crippen MR) is 222 cm³/mol. The summed E-state index contributed by atoms with van der Waals surface area (Å²) in [6.07, 6.45) is 45.0. The first kappa shape index (κ1) is 50.8. The van der Waals surface area contributed by atoms with Crippen molar-refractivity contribution in [3.8, 4) is 0 Å². The van der Waals surface area contributed by atoms with Gasteiger partial charge in [-0.05, 0) is 77.0 Å². The van der Waals surface area contributed by atoms with Gasteiger partial charge in [-0.25, -0.2) is 0 Å². The maximum Gasteiger partial charge on any atom is 0.306 e. The summed E-state index contributed by atoms with van der Waals surface area (Å²) in [5.74, 6) is -1.80. The number of esters is 2. The number of nitrogens with zero attached hydrogens (tertiary/aromatic N) is 1. The van der Waals surface area contributed by atoms with Gasteiger partial charge in [0.2, 0.25) is 0 Å². The minimum absolute atomic E-state index is 0.0228. The topological polar surface area (TPSA) is 102 Å². The van der Waals surface area contributed by atoms with Crippen LogP contribution in [0.2, 0.25) is 0 Å². The van der Waals surface area contributed by atoms with Gasteiger partial charge in [-0.2, -0.15) is 0 Å². The molecular formula is C46H77NO7. The van der Waals surface area contributed by atoms with Gasteiger partial charge >= 0.3 is 11.9 Å². The van der Waals surface area contributed by atoms with Crippen LogP contribution in [-0.2, 0) is 28.6 Å². The number of ether oxygens (including phenoxy) is 3. The van der Waals surface area contributed by atoms with E-state index in [0.29, 0.717) is 12.8 Å². The zero-order valence-corrected chi connectivity index (χ0v) is 34.9. The van der Waals surface area contributed by atoms with Gasteiger partial charge in [0.25, 0.3) is 0 Å². The van der Waals surface area contributed by atoms with Crippen molar-refractivity contribution >= 4 is 17.9 Å². The molecular weight excluding hydrogens is 679 g/mol. The lowest BCUT2D eigenvalue weighted by Crippen LogP contribution is -2.55. The molecule has 0 amide bonds. The second kappa shape index (κ2) is 36.7. The lowest BCUT2D eigenvalue weighted by molar-refractivity contribution is -0.889. The van der Waals surface area contributed by atoms with Crippen LogP contribution in [0, 0.1) is 0 Å². The molecule has 0 aliphatic heterocycles. The first-order valence-corrected chi connectivity index (χ1v) is 21.0. The summed E-state index contributed by atoms with van der Waals surface area (Å²) in [6, 6.07) is -0.734. The predicted octanol–water partition coefficient (Wildman–Crippen LogP) is 9.85. The zero-order valence-electron chi connectivity index (χ0n) is 34.9. The van der Waals surface area contributed by atoms with Crippen LogP contribution < -0.4 is 5.11 Å². The van der Waals surface area contributed by atoms with Gasteiger partial charge in [0.05, 0.1) is 40.3 Å². The SMILES string of the molecule is CC/C=C/C/C=C/C/C=C/C/C=C/C/C=C/CCCCCC(=O)OCC(COCCC(C(=O)[O-])[N+](C)(C)C)OC(=O)CCCCCCC/C=C/CCCC. The van der Waals surface area contributed by atoms with E-state index in [2.05, 4.69) is 86.8 Å². The van der Waals surface area contributed by atoms with Crippen molar-refractivity contribution in [2.24, 2.45) is 0 Å². The number of carbonyl (C=O) groups is 3. The van der Waals surface area contributed by atoms with Crippen molar-refractivity contribution < 1.29 is 38.2 Å². The Bertz CT molecular complexity index is 1110. The Kier molecular flexibility index (Phi) is 34.5. The number of carboxylic acids is 1. The normalized spacial score (nSPS) is 13.7. The minimum atomic E-state index is -1.13. The van der Waals surface area contributed by atoms with Gasteiger partial charge in [-0.1, -0.05) is 125 Å². The number of hydrogen-bond acceptors (Lipinski definition) is 7. The van der Waals surface area contributed by atoms with Crippen molar-refractivity contribution in [1.29, 1.82) is 0 Å². The Labute approximate surface area is 330 Å². The fourth-order valence-electron chi connectivity index (χ4n) is 5.55. The highest BCUT2D eigenvalue weighted by Gasteiger charge is 2.25. The van der Waals surface area contributed by atoms with E-state index < -0.39 is 18.1 Å². The molecule has 2 unspecified atom stereocenters. The lowest BCUT2D eigenvalue weighted by atomic mass is 10.1. The molecule has 2 atom stereocenters. The summed E-state index contributed by atoms with van der Waals surface area (Å²) in [4.78, 5) is 36.7. The van der Waals surface area contributed by atoms with E-state index in [9.17, 15) is 19.5 Å². The van der Waals surface area contributed by atoms with E-state index >= 15 is 0 Å². The molecule has 0 aromatic rings. The minimum Gasteiger partial charge on any atom is -0.544 e. The Morgan fingerprint density at radius 3 is 1.57 bits per heavy atom. The van der Waals surface area contributed by atoms with Crippen LogP contribution >= 0.6 is 0 Å². The highest BCUT2D eigenvalue weighted by atomic mass is 16.6. The molecule has 0 aliphatic carbocycles. The van der Waals surface area contributed by atoms with Crippen LogP contribution in [0.15, 0.2) is 72.9 Å². The fourth-order valence-corrected chi connectivity index (χ4v) is 5.55. The molecule has 0 N–H and O–H groups in total.